The molecule has 2 heterocycles. The fraction of sp³-hybridized carbons (Fsp3) is 0. The van der Waals surface area contributed by atoms with Crippen molar-refractivity contribution in [1.82, 2.24) is 9.78 Å². The van der Waals surface area contributed by atoms with Crippen LogP contribution in [0.5, 0.6) is 0 Å². The first kappa shape index (κ1) is 17.5. The van der Waals surface area contributed by atoms with Crippen molar-refractivity contribution in [2.24, 2.45) is 0 Å². The summed E-state index contributed by atoms with van der Waals surface area (Å²) in [7, 11) is -3.67. The van der Waals surface area contributed by atoms with E-state index in [9.17, 15) is 8.42 Å². The molecule has 1 aliphatic rings. The van der Waals surface area contributed by atoms with E-state index in [0.717, 1.165) is 28.1 Å². The van der Waals surface area contributed by atoms with E-state index in [-0.39, 0.29) is 0 Å². The summed E-state index contributed by atoms with van der Waals surface area (Å²) in [4.78, 5) is 0. The SMILES string of the molecule is O=S1(=O)C=C(c2ccccc2)c2c(-c3ccccc3)nn(-c3ccccc3)c2N1. The quantitative estimate of drug-likeness (QED) is 0.544. The molecule has 0 aliphatic carbocycles. The van der Waals surface area contributed by atoms with Gasteiger partial charge in [-0.05, 0) is 17.7 Å². The van der Waals surface area contributed by atoms with Crippen LogP contribution in [0.15, 0.2) is 96.4 Å². The van der Waals surface area contributed by atoms with Gasteiger partial charge in [-0.1, -0.05) is 78.9 Å². The van der Waals surface area contributed by atoms with Crippen LogP contribution in [0.3, 0.4) is 0 Å². The van der Waals surface area contributed by atoms with E-state index >= 15 is 0 Å². The molecule has 5 nitrogen and oxygen atoms in total. The van der Waals surface area contributed by atoms with E-state index in [4.69, 9.17) is 5.10 Å². The Morgan fingerprint density at radius 3 is 1.90 bits per heavy atom. The molecule has 0 atom stereocenters. The monoisotopic (exact) mass is 399 g/mol. The molecule has 0 unspecified atom stereocenters. The van der Waals surface area contributed by atoms with E-state index in [0.29, 0.717) is 11.4 Å². The second-order valence-corrected chi connectivity index (χ2v) is 8.26. The van der Waals surface area contributed by atoms with Crippen molar-refractivity contribution >= 4 is 21.4 Å². The number of sulfonamides is 1. The van der Waals surface area contributed by atoms with Crippen molar-refractivity contribution in [1.29, 1.82) is 0 Å². The third kappa shape index (κ3) is 3.13. The van der Waals surface area contributed by atoms with Crippen molar-refractivity contribution in [2.45, 2.75) is 0 Å². The molecule has 1 aromatic heterocycles. The highest BCUT2D eigenvalue weighted by atomic mass is 32.2. The molecule has 0 fully saturated rings. The zero-order valence-corrected chi connectivity index (χ0v) is 16.2. The van der Waals surface area contributed by atoms with Gasteiger partial charge in [0.1, 0.15) is 5.69 Å². The molecule has 0 spiro atoms. The standard InChI is InChI=1S/C23H17N3O2S/c27-29(28)16-20(17-10-4-1-5-11-17)21-22(18-12-6-2-7-13-18)24-26(23(21)25-29)19-14-8-3-9-15-19/h1-16,25H. The van der Waals surface area contributed by atoms with Crippen LogP contribution in [0.2, 0.25) is 0 Å². The predicted octanol–water partition coefficient (Wildman–Crippen LogP) is 4.68. The lowest BCUT2D eigenvalue weighted by Gasteiger charge is -2.18. The first-order valence-electron chi connectivity index (χ1n) is 9.16. The smallest absolute Gasteiger partial charge is 0.256 e. The number of nitrogens with zero attached hydrogens (tertiary/aromatic N) is 2. The summed E-state index contributed by atoms with van der Waals surface area (Å²) in [5, 5.41) is 6.11. The molecular weight excluding hydrogens is 382 g/mol. The summed E-state index contributed by atoms with van der Waals surface area (Å²) in [5.74, 6) is 0.441. The van der Waals surface area contributed by atoms with E-state index in [1.807, 2.05) is 91.0 Å². The molecule has 0 radical (unpaired) electrons. The van der Waals surface area contributed by atoms with Crippen molar-refractivity contribution < 1.29 is 8.42 Å². The zero-order chi connectivity index (χ0) is 19.8. The van der Waals surface area contributed by atoms with Gasteiger partial charge in [0.25, 0.3) is 10.0 Å². The first-order valence-corrected chi connectivity index (χ1v) is 10.7. The van der Waals surface area contributed by atoms with Crippen LogP contribution in [0, 0.1) is 0 Å². The maximum absolute atomic E-state index is 12.7. The number of para-hydroxylation sites is 1. The second kappa shape index (κ2) is 6.76. The number of nitrogens with one attached hydrogen (secondary N) is 1. The maximum Gasteiger partial charge on any atom is 0.256 e. The number of anilines is 1. The minimum atomic E-state index is -3.67. The molecule has 3 aromatic carbocycles. The lowest BCUT2D eigenvalue weighted by molar-refractivity contribution is 0.608. The van der Waals surface area contributed by atoms with Crippen LogP contribution in [0.25, 0.3) is 22.5 Å². The Morgan fingerprint density at radius 2 is 1.28 bits per heavy atom. The Hall–Kier alpha value is -3.64. The van der Waals surface area contributed by atoms with Crippen molar-refractivity contribution in [3.63, 3.8) is 0 Å². The molecule has 1 N–H and O–H groups in total. The molecule has 4 aromatic rings. The zero-order valence-electron chi connectivity index (χ0n) is 15.4. The van der Waals surface area contributed by atoms with Gasteiger partial charge < -0.3 is 0 Å². The van der Waals surface area contributed by atoms with E-state index in [2.05, 4.69) is 4.72 Å². The lowest BCUT2D eigenvalue weighted by Crippen LogP contribution is -2.18. The maximum atomic E-state index is 12.7. The Bertz CT molecular complexity index is 1310. The highest BCUT2D eigenvalue weighted by molar-refractivity contribution is 7.95. The predicted molar refractivity (Wildman–Crippen MR) is 115 cm³/mol. The summed E-state index contributed by atoms with van der Waals surface area (Å²) < 4.78 is 29.7. The Kier molecular flexibility index (Phi) is 4.07. The number of hydrogen-bond donors (Lipinski definition) is 1. The average molecular weight is 399 g/mol. The normalized spacial score (nSPS) is 14.6. The summed E-state index contributed by atoms with van der Waals surface area (Å²) in [6, 6.07) is 28.8. The van der Waals surface area contributed by atoms with Gasteiger partial charge in [-0.15, -0.1) is 0 Å². The third-order valence-corrected chi connectivity index (χ3v) is 5.82. The molecule has 0 amide bonds. The molecule has 142 valence electrons. The molecule has 0 saturated heterocycles. The fourth-order valence-electron chi connectivity index (χ4n) is 3.53. The van der Waals surface area contributed by atoms with Crippen LogP contribution in [-0.2, 0) is 10.0 Å². The van der Waals surface area contributed by atoms with Gasteiger partial charge >= 0.3 is 0 Å². The lowest BCUT2D eigenvalue weighted by atomic mass is 9.96. The van der Waals surface area contributed by atoms with Gasteiger partial charge in [-0.2, -0.15) is 5.10 Å². The summed E-state index contributed by atoms with van der Waals surface area (Å²) >= 11 is 0. The molecule has 29 heavy (non-hydrogen) atoms. The molecule has 6 heteroatoms. The van der Waals surface area contributed by atoms with E-state index in [1.54, 1.807) is 4.68 Å². The highest BCUT2D eigenvalue weighted by Crippen LogP contribution is 2.42. The number of hydrogen-bond acceptors (Lipinski definition) is 3. The van der Waals surface area contributed by atoms with Gasteiger partial charge in [0.15, 0.2) is 5.82 Å². The van der Waals surface area contributed by atoms with Gasteiger partial charge in [-0.3, -0.25) is 4.72 Å². The van der Waals surface area contributed by atoms with Crippen LogP contribution < -0.4 is 4.72 Å². The van der Waals surface area contributed by atoms with Crippen molar-refractivity contribution in [3.05, 3.63) is 108 Å². The largest absolute Gasteiger partial charge is 0.263 e. The fourth-order valence-corrected chi connectivity index (χ4v) is 4.61. The highest BCUT2D eigenvalue weighted by Gasteiger charge is 2.31. The Labute approximate surface area is 169 Å². The first-order chi connectivity index (χ1) is 14.1. The Balaban J connectivity index is 1.85. The van der Waals surface area contributed by atoms with Crippen LogP contribution in [0.4, 0.5) is 5.82 Å². The third-order valence-electron chi connectivity index (χ3n) is 4.80. The number of rotatable bonds is 3. The summed E-state index contributed by atoms with van der Waals surface area (Å²) in [6.07, 6.45) is 0. The van der Waals surface area contributed by atoms with Crippen LogP contribution >= 0.6 is 0 Å². The number of aromatic nitrogens is 2. The van der Waals surface area contributed by atoms with Crippen molar-refractivity contribution in [2.75, 3.05) is 4.72 Å². The van der Waals surface area contributed by atoms with Gasteiger partial charge in [-0.25, -0.2) is 13.1 Å². The van der Waals surface area contributed by atoms with Crippen LogP contribution in [-0.4, -0.2) is 18.2 Å². The summed E-state index contributed by atoms with van der Waals surface area (Å²) in [6.45, 7) is 0. The molecule has 1 aliphatic heterocycles. The summed E-state index contributed by atoms with van der Waals surface area (Å²) in [5.41, 5.74) is 4.64. The molecule has 0 bridgehead atoms. The van der Waals surface area contributed by atoms with E-state index in [1.165, 1.54) is 5.41 Å². The molecule has 5 rings (SSSR count). The molecule has 0 saturated carbocycles. The molecular formula is C23H17N3O2S. The Morgan fingerprint density at radius 1 is 0.724 bits per heavy atom. The van der Waals surface area contributed by atoms with Crippen LogP contribution in [0.1, 0.15) is 11.1 Å². The van der Waals surface area contributed by atoms with Gasteiger partial charge in [0.2, 0.25) is 0 Å². The van der Waals surface area contributed by atoms with Crippen molar-refractivity contribution in [3.8, 4) is 16.9 Å². The van der Waals surface area contributed by atoms with Gasteiger partial charge in [0.05, 0.1) is 16.7 Å². The second-order valence-electron chi connectivity index (χ2n) is 6.73. The number of fused-ring (bicyclic) bond motifs is 1. The topological polar surface area (TPSA) is 64.0 Å². The minimum Gasteiger partial charge on any atom is -0.263 e. The van der Waals surface area contributed by atoms with E-state index < -0.39 is 10.0 Å². The average Bonchev–Trinajstić information content (AvgIpc) is 3.13. The minimum absolute atomic E-state index is 0.441. The number of benzene rings is 3. The van der Waals surface area contributed by atoms with Gasteiger partial charge in [0, 0.05) is 11.1 Å².